The van der Waals surface area contributed by atoms with Gasteiger partial charge in [0.15, 0.2) is 0 Å². The van der Waals surface area contributed by atoms with E-state index in [1.165, 1.54) is 37.1 Å². The minimum atomic E-state index is 0.509. The molecule has 1 saturated carbocycles. The molecule has 2 aliphatic carbocycles. The number of hydrogen-bond acceptors (Lipinski definition) is 2. The van der Waals surface area contributed by atoms with Crippen molar-refractivity contribution in [2.75, 3.05) is 7.05 Å². The van der Waals surface area contributed by atoms with Gasteiger partial charge in [-0.3, -0.25) is 0 Å². The van der Waals surface area contributed by atoms with Gasteiger partial charge in [-0.15, -0.1) is 0 Å². The predicted molar refractivity (Wildman–Crippen MR) is 50.6 cm³/mol. The van der Waals surface area contributed by atoms with Crippen molar-refractivity contribution in [1.29, 1.82) is 0 Å². The number of fused-ring (bicyclic) bond motifs is 1. The first-order valence-corrected chi connectivity index (χ1v) is 5.13. The van der Waals surface area contributed by atoms with Crippen molar-refractivity contribution in [1.82, 2.24) is 14.9 Å². The Morgan fingerprint density at radius 1 is 1.46 bits per heavy atom. The van der Waals surface area contributed by atoms with Gasteiger partial charge >= 0.3 is 0 Å². The molecule has 0 radical (unpaired) electrons. The molecule has 1 aromatic heterocycles. The first kappa shape index (κ1) is 7.56. The summed E-state index contributed by atoms with van der Waals surface area (Å²) >= 11 is 0. The number of hydrogen-bond donors (Lipinski definition) is 1. The van der Waals surface area contributed by atoms with E-state index in [0.29, 0.717) is 6.04 Å². The summed E-state index contributed by atoms with van der Waals surface area (Å²) in [5, 5.41) is 3.32. The van der Waals surface area contributed by atoms with Gasteiger partial charge in [-0.2, -0.15) is 0 Å². The molecule has 70 valence electrons. The highest BCUT2D eigenvalue weighted by Gasteiger charge is 2.32. The van der Waals surface area contributed by atoms with Gasteiger partial charge in [0.1, 0.15) is 0 Å². The van der Waals surface area contributed by atoms with E-state index in [4.69, 9.17) is 0 Å². The zero-order valence-corrected chi connectivity index (χ0v) is 7.95. The van der Waals surface area contributed by atoms with Crippen LogP contribution in [0.25, 0.3) is 0 Å². The second kappa shape index (κ2) is 2.58. The lowest BCUT2D eigenvalue weighted by molar-refractivity contribution is 0.573. The van der Waals surface area contributed by atoms with Crippen molar-refractivity contribution in [3.05, 3.63) is 17.7 Å². The second-order valence-corrected chi connectivity index (χ2v) is 4.09. The predicted octanol–water partition coefficient (Wildman–Crippen LogP) is 1.42. The van der Waals surface area contributed by atoms with Crippen LogP contribution in [0.15, 0.2) is 6.33 Å². The van der Waals surface area contributed by atoms with Gasteiger partial charge in [0.2, 0.25) is 0 Å². The Hall–Kier alpha value is -0.830. The van der Waals surface area contributed by atoms with Gasteiger partial charge in [-0.25, -0.2) is 4.98 Å². The quantitative estimate of drug-likeness (QED) is 0.740. The van der Waals surface area contributed by atoms with Crippen LogP contribution < -0.4 is 5.32 Å². The van der Waals surface area contributed by atoms with Crippen LogP contribution in [0.4, 0.5) is 0 Å². The van der Waals surface area contributed by atoms with Crippen LogP contribution in [0, 0.1) is 0 Å². The second-order valence-electron chi connectivity index (χ2n) is 4.09. The number of rotatable bonds is 2. The third kappa shape index (κ3) is 1.03. The Balaban J connectivity index is 1.99. The maximum atomic E-state index is 4.51. The van der Waals surface area contributed by atoms with Crippen LogP contribution in [-0.4, -0.2) is 16.6 Å². The lowest BCUT2D eigenvalue weighted by atomic mass is 10.2. The molecule has 13 heavy (non-hydrogen) atoms. The van der Waals surface area contributed by atoms with Crippen LogP contribution in [0.3, 0.4) is 0 Å². The molecular formula is C10H15N3. The minimum absolute atomic E-state index is 0.509. The van der Waals surface area contributed by atoms with Crippen molar-refractivity contribution in [2.45, 2.75) is 37.8 Å². The van der Waals surface area contributed by atoms with Crippen molar-refractivity contribution in [3.8, 4) is 0 Å². The molecule has 0 aromatic carbocycles. The normalized spacial score (nSPS) is 26.4. The molecule has 1 unspecified atom stereocenters. The SMILES string of the molecule is CNC1CCc2c1ncn2C1CC1. The van der Waals surface area contributed by atoms with Crippen molar-refractivity contribution in [2.24, 2.45) is 0 Å². The Bertz CT molecular complexity index is 325. The summed E-state index contributed by atoms with van der Waals surface area (Å²) in [4.78, 5) is 4.51. The summed E-state index contributed by atoms with van der Waals surface area (Å²) in [6.45, 7) is 0. The molecule has 1 N–H and O–H groups in total. The van der Waals surface area contributed by atoms with E-state index in [2.05, 4.69) is 14.9 Å². The van der Waals surface area contributed by atoms with Crippen molar-refractivity contribution >= 4 is 0 Å². The number of imidazole rings is 1. The minimum Gasteiger partial charge on any atom is -0.331 e. The van der Waals surface area contributed by atoms with Crippen LogP contribution in [-0.2, 0) is 6.42 Å². The van der Waals surface area contributed by atoms with Crippen LogP contribution in [0.1, 0.15) is 42.7 Å². The van der Waals surface area contributed by atoms with Crippen LogP contribution in [0.5, 0.6) is 0 Å². The van der Waals surface area contributed by atoms with E-state index in [0.717, 1.165) is 6.04 Å². The maximum absolute atomic E-state index is 4.51. The van der Waals surface area contributed by atoms with E-state index < -0.39 is 0 Å². The van der Waals surface area contributed by atoms with Gasteiger partial charge < -0.3 is 9.88 Å². The Morgan fingerprint density at radius 3 is 3.00 bits per heavy atom. The zero-order chi connectivity index (χ0) is 8.84. The molecule has 0 amide bonds. The van der Waals surface area contributed by atoms with Gasteiger partial charge in [0, 0.05) is 11.7 Å². The van der Waals surface area contributed by atoms with E-state index in [-0.39, 0.29) is 0 Å². The first-order chi connectivity index (χ1) is 6.40. The third-order valence-electron chi connectivity index (χ3n) is 3.22. The smallest absolute Gasteiger partial charge is 0.0954 e. The fourth-order valence-electron chi connectivity index (χ4n) is 2.32. The molecule has 1 aromatic rings. The highest BCUT2D eigenvalue weighted by molar-refractivity contribution is 5.24. The molecular weight excluding hydrogens is 162 g/mol. The monoisotopic (exact) mass is 177 g/mol. The fraction of sp³-hybridized carbons (Fsp3) is 0.700. The molecule has 1 fully saturated rings. The molecule has 0 saturated heterocycles. The highest BCUT2D eigenvalue weighted by atomic mass is 15.1. The average Bonchev–Trinajstić information content (AvgIpc) is 2.78. The lowest BCUT2D eigenvalue weighted by Gasteiger charge is -2.04. The highest BCUT2D eigenvalue weighted by Crippen LogP contribution is 2.40. The molecule has 2 aliphatic rings. The van der Waals surface area contributed by atoms with Crippen molar-refractivity contribution < 1.29 is 0 Å². The Labute approximate surface area is 78.2 Å². The summed E-state index contributed by atoms with van der Waals surface area (Å²) < 4.78 is 2.40. The molecule has 0 spiro atoms. The summed E-state index contributed by atoms with van der Waals surface area (Å²) in [6.07, 6.45) is 7.17. The number of nitrogens with zero attached hydrogens (tertiary/aromatic N) is 2. The first-order valence-electron chi connectivity index (χ1n) is 5.13. The maximum Gasteiger partial charge on any atom is 0.0954 e. The van der Waals surface area contributed by atoms with Gasteiger partial charge in [0.25, 0.3) is 0 Å². The molecule has 0 bridgehead atoms. The van der Waals surface area contributed by atoms with Gasteiger partial charge in [-0.1, -0.05) is 0 Å². The lowest BCUT2D eigenvalue weighted by Crippen LogP contribution is -2.13. The molecule has 0 aliphatic heterocycles. The molecule has 3 heteroatoms. The summed E-state index contributed by atoms with van der Waals surface area (Å²) in [6, 6.07) is 1.29. The Kier molecular flexibility index (Phi) is 1.50. The zero-order valence-electron chi connectivity index (χ0n) is 7.95. The topological polar surface area (TPSA) is 29.9 Å². The van der Waals surface area contributed by atoms with E-state index in [1.807, 2.05) is 13.4 Å². The van der Waals surface area contributed by atoms with Crippen LogP contribution >= 0.6 is 0 Å². The molecule has 3 rings (SSSR count). The fourth-order valence-corrected chi connectivity index (χ4v) is 2.32. The van der Waals surface area contributed by atoms with Gasteiger partial charge in [0.05, 0.1) is 18.1 Å². The number of aromatic nitrogens is 2. The van der Waals surface area contributed by atoms with Gasteiger partial charge in [-0.05, 0) is 32.7 Å². The molecule has 1 heterocycles. The standard InChI is InChI=1S/C10H15N3/c1-11-8-4-5-9-10(8)12-6-13(9)7-2-3-7/h6-8,11H,2-5H2,1H3. The molecule has 1 atom stereocenters. The Morgan fingerprint density at radius 2 is 2.31 bits per heavy atom. The third-order valence-corrected chi connectivity index (χ3v) is 3.22. The van der Waals surface area contributed by atoms with E-state index in [1.54, 1.807) is 0 Å². The van der Waals surface area contributed by atoms with Crippen molar-refractivity contribution in [3.63, 3.8) is 0 Å². The van der Waals surface area contributed by atoms with E-state index in [9.17, 15) is 0 Å². The summed E-state index contributed by atoms with van der Waals surface area (Å²) in [5.41, 5.74) is 2.79. The summed E-state index contributed by atoms with van der Waals surface area (Å²) in [5.74, 6) is 0. The average molecular weight is 177 g/mol. The number of nitrogens with one attached hydrogen (secondary N) is 1. The summed E-state index contributed by atoms with van der Waals surface area (Å²) in [7, 11) is 2.02. The van der Waals surface area contributed by atoms with Crippen LogP contribution in [0.2, 0.25) is 0 Å². The van der Waals surface area contributed by atoms with E-state index >= 15 is 0 Å². The molecule has 3 nitrogen and oxygen atoms in total. The largest absolute Gasteiger partial charge is 0.331 e.